The molecule has 0 radical (unpaired) electrons. The Hall–Kier alpha value is -2.20. The van der Waals surface area contributed by atoms with Gasteiger partial charge in [0.2, 0.25) is 0 Å². The Morgan fingerprint density at radius 2 is 0.852 bits per heavy atom. The average Bonchev–Trinajstić information content (AvgIpc) is 2.57. The van der Waals surface area contributed by atoms with Crippen LogP contribution in [-0.2, 0) is 16.4 Å². The first-order chi connectivity index (χ1) is 10.8. The van der Waals surface area contributed by atoms with Crippen molar-refractivity contribution in [3.05, 3.63) is 73.1 Å². The number of nitrogens with zero attached hydrogens (tertiary/aromatic N) is 2. The minimum atomic E-state index is 0. The van der Waals surface area contributed by atoms with E-state index >= 15 is 0 Å². The summed E-state index contributed by atoms with van der Waals surface area (Å²) >= 11 is 0. The number of pyridine rings is 2. The Kier molecular flexibility index (Phi) is 15.3. The molecule has 0 fully saturated rings. The molecule has 0 unspecified atom stereocenters. The molecule has 9 heteroatoms. The van der Waals surface area contributed by atoms with Gasteiger partial charge >= 0.3 is 34.7 Å². The van der Waals surface area contributed by atoms with Gasteiger partial charge in [0, 0.05) is 23.2 Å². The van der Waals surface area contributed by atoms with Crippen molar-refractivity contribution < 1.29 is 26.6 Å². The first kappa shape index (κ1) is 29.6. The second kappa shape index (κ2) is 13.9. The topological polar surface area (TPSA) is 152 Å². The van der Waals surface area contributed by atoms with Gasteiger partial charge in [0.25, 0.3) is 0 Å². The summed E-state index contributed by atoms with van der Waals surface area (Å²) < 4.78 is 0. The second-order valence-corrected chi connectivity index (χ2v) is 4.70. The molecule has 4 rings (SSSR count). The van der Waals surface area contributed by atoms with Crippen LogP contribution in [0.2, 0.25) is 0 Å². The fourth-order valence-corrected chi connectivity index (χ4v) is 2.18. The van der Waals surface area contributed by atoms with Gasteiger partial charge in [0.1, 0.15) is 22.5 Å². The molecule has 0 aliphatic rings. The molecule has 7 nitrogen and oxygen atoms in total. The Balaban J connectivity index is -0.000000360. The molecule has 27 heavy (non-hydrogen) atoms. The summed E-state index contributed by atoms with van der Waals surface area (Å²) in [5, 5.41) is 20.5. The molecule has 0 spiro atoms. The molecule has 0 amide bonds. The smallest absolute Gasteiger partial charge is 2.00 e. The number of aromatic hydroxyl groups is 2. The van der Waals surface area contributed by atoms with Gasteiger partial charge in [-0.25, -0.2) is 0 Å². The number of aromatic nitrogens is 2. The summed E-state index contributed by atoms with van der Waals surface area (Å²) in [5.41, 5.74) is 1.32. The van der Waals surface area contributed by atoms with Crippen LogP contribution in [0.25, 0.3) is 21.8 Å². The summed E-state index contributed by atoms with van der Waals surface area (Å²) in [6.45, 7) is 0. The monoisotopic (exact) mass is 392 g/mol. The van der Waals surface area contributed by atoms with Crippen LogP contribution in [0.15, 0.2) is 73.1 Å². The standard InChI is InChI=1S/2C9H7NO.2Al.3O/c2*11-8-5-1-3-7-4-2-6-10-9(7)8;;;;;/h2*1-6,11H;;;;;/q;;2*+3;3*-2. The Morgan fingerprint density at radius 1 is 0.519 bits per heavy atom. The van der Waals surface area contributed by atoms with E-state index in [2.05, 4.69) is 9.97 Å². The predicted octanol–water partition coefficient (Wildman–Crippen LogP) is 2.76. The molecular formula is C18H14Al2N2O5. The third-order valence-corrected chi connectivity index (χ3v) is 3.22. The molecular weight excluding hydrogens is 378 g/mol. The minimum absolute atomic E-state index is 0. The van der Waals surface area contributed by atoms with E-state index in [1.807, 2.05) is 36.4 Å². The van der Waals surface area contributed by atoms with Crippen LogP contribution < -0.4 is 0 Å². The fraction of sp³-hybridized carbons (Fsp3) is 0. The first-order valence-corrected chi connectivity index (χ1v) is 6.81. The molecule has 0 aliphatic carbocycles. The number of phenolic OH excluding ortho intramolecular Hbond substituents is 2. The van der Waals surface area contributed by atoms with Crippen molar-refractivity contribution in [2.75, 3.05) is 0 Å². The van der Waals surface area contributed by atoms with Gasteiger partial charge in [0.15, 0.2) is 0 Å². The molecule has 0 atom stereocenters. The van der Waals surface area contributed by atoms with E-state index < -0.39 is 0 Å². The van der Waals surface area contributed by atoms with Gasteiger partial charge in [-0.3, -0.25) is 9.97 Å². The van der Waals surface area contributed by atoms with Crippen LogP contribution in [0, 0.1) is 0 Å². The van der Waals surface area contributed by atoms with Gasteiger partial charge in [-0.1, -0.05) is 36.4 Å². The van der Waals surface area contributed by atoms with Crippen LogP contribution in [0.1, 0.15) is 0 Å². The van der Waals surface area contributed by atoms with Crippen molar-refractivity contribution in [3.8, 4) is 11.5 Å². The van der Waals surface area contributed by atoms with Crippen molar-refractivity contribution in [2.24, 2.45) is 0 Å². The number of phenols is 2. The van der Waals surface area contributed by atoms with Crippen molar-refractivity contribution in [3.63, 3.8) is 0 Å². The second-order valence-electron chi connectivity index (χ2n) is 4.70. The molecule has 0 aliphatic heterocycles. The van der Waals surface area contributed by atoms with Crippen LogP contribution >= 0.6 is 0 Å². The van der Waals surface area contributed by atoms with Crippen molar-refractivity contribution in [1.82, 2.24) is 9.97 Å². The van der Waals surface area contributed by atoms with Crippen LogP contribution in [0.4, 0.5) is 0 Å². The Morgan fingerprint density at radius 3 is 1.19 bits per heavy atom. The normalized spacial score (nSPS) is 8.30. The molecule has 0 saturated heterocycles. The zero-order valence-electron chi connectivity index (χ0n) is 14.1. The maximum absolute atomic E-state index is 9.31. The summed E-state index contributed by atoms with van der Waals surface area (Å²) in [5.74, 6) is 0.478. The molecule has 0 bridgehead atoms. The van der Waals surface area contributed by atoms with Gasteiger partial charge in [0.05, 0.1) is 0 Å². The van der Waals surface area contributed by atoms with Gasteiger partial charge in [-0.05, 0) is 24.3 Å². The van der Waals surface area contributed by atoms with Gasteiger partial charge in [-0.2, -0.15) is 0 Å². The zero-order valence-corrected chi connectivity index (χ0v) is 16.4. The number of hydrogen-bond acceptors (Lipinski definition) is 4. The number of rotatable bonds is 0. The van der Waals surface area contributed by atoms with Crippen molar-refractivity contribution in [1.29, 1.82) is 0 Å². The van der Waals surface area contributed by atoms with E-state index in [9.17, 15) is 10.2 Å². The molecule has 2 aromatic carbocycles. The quantitative estimate of drug-likeness (QED) is 0.442. The largest absolute Gasteiger partial charge is 3.00 e. The Bertz CT molecular complexity index is 853. The van der Waals surface area contributed by atoms with Crippen LogP contribution in [0.3, 0.4) is 0 Å². The third kappa shape index (κ3) is 7.14. The number of hydrogen-bond donors (Lipinski definition) is 2. The summed E-state index contributed by atoms with van der Waals surface area (Å²) in [6, 6.07) is 18.3. The summed E-state index contributed by atoms with van der Waals surface area (Å²) in [6.07, 6.45) is 3.34. The average molecular weight is 392 g/mol. The van der Waals surface area contributed by atoms with E-state index in [1.54, 1.807) is 36.7 Å². The maximum Gasteiger partial charge on any atom is 3.00 e. The Labute approximate surface area is 177 Å². The van der Waals surface area contributed by atoms with Crippen molar-refractivity contribution in [2.45, 2.75) is 0 Å². The first-order valence-electron chi connectivity index (χ1n) is 6.81. The van der Waals surface area contributed by atoms with E-state index in [-0.39, 0.29) is 62.6 Å². The predicted molar refractivity (Wildman–Crippen MR) is 100 cm³/mol. The number of fused-ring (bicyclic) bond motifs is 2. The molecule has 0 saturated carbocycles. The third-order valence-electron chi connectivity index (χ3n) is 3.22. The number of para-hydroxylation sites is 2. The molecule has 132 valence electrons. The molecule has 4 aromatic rings. The van der Waals surface area contributed by atoms with E-state index in [4.69, 9.17) is 0 Å². The molecule has 2 N–H and O–H groups in total. The van der Waals surface area contributed by atoms with E-state index in [0.717, 1.165) is 10.8 Å². The van der Waals surface area contributed by atoms with E-state index in [1.165, 1.54) is 0 Å². The van der Waals surface area contributed by atoms with Crippen molar-refractivity contribution >= 4 is 56.5 Å². The molecule has 2 heterocycles. The maximum atomic E-state index is 9.31. The summed E-state index contributed by atoms with van der Waals surface area (Å²) in [7, 11) is 0. The SMILES string of the molecule is Oc1cccc2cccnc12.Oc1cccc2cccnc12.[Al+3].[Al+3].[O-2].[O-2].[O-2]. The fourth-order valence-electron chi connectivity index (χ4n) is 2.18. The zero-order chi connectivity index (χ0) is 15.4. The van der Waals surface area contributed by atoms with Crippen LogP contribution in [0.5, 0.6) is 11.5 Å². The van der Waals surface area contributed by atoms with Gasteiger partial charge < -0.3 is 26.6 Å². The van der Waals surface area contributed by atoms with Gasteiger partial charge in [-0.15, -0.1) is 0 Å². The van der Waals surface area contributed by atoms with E-state index in [0.29, 0.717) is 11.0 Å². The molecule has 2 aromatic heterocycles. The summed E-state index contributed by atoms with van der Waals surface area (Å²) in [4.78, 5) is 8.06. The van der Waals surface area contributed by atoms with Crippen LogP contribution in [-0.4, -0.2) is 54.9 Å². The minimum Gasteiger partial charge on any atom is -2.00 e. The number of benzene rings is 2.